The fourth-order valence-electron chi connectivity index (χ4n) is 9.12. The van der Waals surface area contributed by atoms with Gasteiger partial charge in [-0.15, -0.1) is 0 Å². The Labute approximate surface area is 200 Å². The molecule has 4 saturated carbocycles. The molecule has 4 aliphatic carbocycles. The second-order valence-corrected chi connectivity index (χ2v) is 12.0. The molecule has 0 aromatic rings. The van der Waals surface area contributed by atoms with Gasteiger partial charge in [0.15, 0.2) is 0 Å². The van der Waals surface area contributed by atoms with E-state index in [2.05, 4.69) is 20.8 Å². The summed E-state index contributed by atoms with van der Waals surface area (Å²) >= 11 is 0. The van der Waals surface area contributed by atoms with Gasteiger partial charge in [0.05, 0.1) is 0 Å². The number of hydrogen-bond donors (Lipinski definition) is 1. The Kier molecular flexibility index (Phi) is 8.53. The van der Waals surface area contributed by atoms with Crippen molar-refractivity contribution < 1.29 is 18.0 Å². The lowest BCUT2D eigenvalue weighted by Crippen LogP contribution is -2.53. The summed E-state index contributed by atoms with van der Waals surface area (Å²) in [6.07, 6.45) is 10.3. The first-order valence-electron chi connectivity index (χ1n) is 13.9. The minimum atomic E-state index is -4.33. The normalized spacial score (nSPS) is 41.0. The lowest BCUT2D eigenvalue weighted by atomic mass is 9.44. The van der Waals surface area contributed by atoms with E-state index in [4.69, 9.17) is 0 Å². The number of amides is 1. The van der Waals surface area contributed by atoms with E-state index in [0.29, 0.717) is 29.1 Å². The average Bonchev–Trinajstić information content (AvgIpc) is 3.14. The maximum atomic E-state index is 12.3. The van der Waals surface area contributed by atoms with Crippen molar-refractivity contribution in [1.82, 2.24) is 5.32 Å². The van der Waals surface area contributed by atoms with Crippen molar-refractivity contribution in [1.29, 1.82) is 0 Å². The Morgan fingerprint density at radius 3 is 2.33 bits per heavy atom. The van der Waals surface area contributed by atoms with E-state index >= 15 is 0 Å². The van der Waals surface area contributed by atoms with Crippen molar-refractivity contribution in [2.24, 2.45) is 46.3 Å². The quantitative estimate of drug-likeness (QED) is 0.430. The smallest absolute Gasteiger partial charge is 0.347 e. The summed E-state index contributed by atoms with van der Waals surface area (Å²) < 4.78 is 37.0. The summed E-state index contributed by atoms with van der Waals surface area (Å²) in [6.45, 7) is 10.2. The van der Waals surface area contributed by atoms with Crippen LogP contribution in [0.3, 0.4) is 0 Å². The standard InChI is InChI=1S/C26H42F3NO.C2H6/c1-17(7-12-23(31)30-16-26(27,28)29)20-10-11-21-19-9-8-18-6-4-5-14-24(18,2)22(19)13-15-25(20,21)3;1-2/h17-22H,4-16H2,1-3H3,(H,30,31);1-2H3. The third-order valence-electron chi connectivity index (χ3n) is 10.7. The van der Waals surface area contributed by atoms with Gasteiger partial charge in [0.25, 0.3) is 0 Å². The molecule has 4 aliphatic rings. The molecular weight excluding hydrogens is 423 g/mol. The van der Waals surface area contributed by atoms with Gasteiger partial charge in [-0.2, -0.15) is 13.2 Å². The Morgan fingerprint density at radius 1 is 0.939 bits per heavy atom. The molecule has 0 spiro atoms. The monoisotopic (exact) mass is 471 g/mol. The van der Waals surface area contributed by atoms with Crippen LogP contribution >= 0.6 is 0 Å². The minimum absolute atomic E-state index is 0.209. The number of alkyl halides is 3. The van der Waals surface area contributed by atoms with Crippen molar-refractivity contribution >= 4 is 5.91 Å². The van der Waals surface area contributed by atoms with Crippen LogP contribution in [0.2, 0.25) is 0 Å². The molecule has 2 nitrogen and oxygen atoms in total. The van der Waals surface area contributed by atoms with Gasteiger partial charge in [-0.25, -0.2) is 0 Å². The molecule has 0 radical (unpaired) electrons. The Bertz CT molecular complexity index is 664. The first-order valence-corrected chi connectivity index (χ1v) is 13.9. The van der Waals surface area contributed by atoms with E-state index in [1.54, 1.807) is 0 Å². The molecule has 33 heavy (non-hydrogen) atoms. The molecule has 4 rings (SSSR count). The van der Waals surface area contributed by atoms with Gasteiger partial charge in [0.2, 0.25) is 5.91 Å². The maximum Gasteiger partial charge on any atom is 0.405 e. The first-order chi connectivity index (χ1) is 15.5. The summed E-state index contributed by atoms with van der Waals surface area (Å²) in [4.78, 5) is 11.9. The highest BCUT2D eigenvalue weighted by atomic mass is 19.4. The molecule has 192 valence electrons. The zero-order valence-electron chi connectivity index (χ0n) is 21.7. The van der Waals surface area contributed by atoms with E-state index in [0.717, 1.165) is 23.7 Å². The number of fused-ring (bicyclic) bond motifs is 5. The van der Waals surface area contributed by atoms with Gasteiger partial charge < -0.3 is 5.32 Å². The predicted molar refractivity (Wildman–Crippen MR) is 129 cm³/mol. The van der Waals surface area contributed by atoms with Crippen LogP contribution in [0.15, 0.2) is 0 Å². The minimum Gasteiger partial charge on any atom is -0.347 e. The first kappa shape index (κ1) is 26.9. The number of halogens is 3. The number of carbonyl (C=O) groups is 1. The van der Waals surface area contributed by atoms with Gasteiger partial charge >= 0.3 is 6.18 Å². The summed E-state index contributed by atoms with van der Waals surface area (Å²) in [5.41, 5.74) is 0.906. The summed E-state index contributed by atoms with van der Waals surface area (Å²) in [6, 6.07) is 0. The van der Waals surface area contributed by atoms with Crippen LogP contribution in [0.5, 0.6) is 0 Å². The predicted octanol–water partition coefficient (Wildman–Crippen LogP) is 8.16. The van der Waals surface area contributed by atoms with E-state index in [1.165, 1.54) is 64.2 Å². The average molecular weight is 472 g/mol. The Morgan fingerprint density at radius 2 is 1.64 bits per heavy atom. The summed E-state index contributed by atoms with van der Waals surface area (Å²) in [5.74, 6) is 4.04. The van der Waals surface area contributed by atoms with Crippen LogP contribution in [-0.4, -0.2) is 18.6 Å². The third kappa shape index (κ3) is 5.42. The fourth-order valence-corrected chi connectivity index (χ4v) is 9.12. The number of nitrogens with one attached hydrogen (secondary N) is 1. The topological polar surface area (TPSA) is 29.1 Å². The van der Waals surface area contributed by atoms with Crippen molar-refractivity contribution in [2.75, 3.05) is 6.54 Å². The van der Waals surface area contributed by atoms with Crippen LogP contribution in [-0.2, 0) is 4.79 Å². The number of carbonyl (C=O) groups excluding carboxylic acids is 1. The van der Waals surface area contributed by atoms with Crippen LogP contribution < -0.4 is 5.32 Å². The fraction of sp³-hybridized carbons (Fsp3) is 0.964. The summed E-state index contributed by atoms with van der Waals surface area (Å²) in [7, 11) is 0. The van der Waals surface area contributed by atoms with Crippen LogP contribution in [0.4, 0.5) is 13.2 Å². The molecule has 0 aromatic heterocycles. The van der Waals surface area contributed by atoms with E-state index in [9.17, 15) is 18.0 Å². The molecule has 0 bridgehead atoms. The SMILES string of the molecule is CC.CC(CCC(=O)NCC(F)(F)F)C1CCC2C3CCC4CCCCC4(C)C3CCC12C. The summed E-state index contributed by atoms with van der Waals surface area (Å²) in [5, 5.41) is 2.04. The molecule has 0 saturated heterocycles. The molecule has 1 amide bonds. The molecule has 0 aliphatic heterocycles. The van der Waals surface area contributed by atoms with Gasteiger partial charge in [-0.05, 0) is 104 Å². The van der Waals surface area contributed by atoms with Gasteiger partial charge in [0, 0.05) is 6.42 Å². The lowest BCUT2D eigenvalue weighted by Gasteiger charge is -2.61. The van der Waals surface area contributed by atoms with Gasteiger partial charge in [0.1, 0.15) is 6.54 Å². The molecule has 0 heterocycles. The second kappa shape index (κ2) is 10.5. The highest BCUT2D eigenvalue weighted by Crippen LogP contribution is 2.68. The molecule has 0 aromatic carbocycles. The van der Waals surface area contributed by atoms with Gasteiger partial charge in [-0.3, -0.25) is 4.79 Å². The second-order valence-electron chi connectivity index (χ2n) is 12.0. The molecule has 5 heteroatoms. The highest BCUT2D eigenvalue weighted by molar-refractivity contribution is 5.75. The van der Waals surface area contributed by atoms with Crippen LogP contribution in [0.25, 0.3) is 0 Å². The molecule has 4 fully saturated rings. The third-order valence-corrected chi connectivity index (χ3v) is 10.7. The van der Waals surface area contributed by atoms with E-state index < -0.39 is 18.6 Å². The van der Waals surface area contributed by atoms with Crippen molar-refractivity contribution in [2.45, 2.75) is 118 Å². The van der Waals surface area contributed by atoms with E-state index in [-0.39, 0.29) is 6.42 Å². The van der Waals surface area contributed by atoms with Gasteiger partial charge in [-0.1, -0.05) is 47.5 Å². The van der Waals surface area contributed by atoms with Crippen LogP contribution in [0.1, 0.15) is 112 Å². The largest absolute Gasteiger partial charge is 0.405 e. The molecular formula is C28H48F3NO. The molecule has 8 atom stereocenters. The van der Waals surface area contributed by atoms with E-state index in [1.807, 2.05) is 19.2 Å². The number of hydrogen-bond acceptors (Lipinski definition) is 1. The maximum absolute atomic E-state index is 12.3. The van der Waals surface area contributed by atoms with Crippen molar-refractivity contribution in [3.8, 4) is 0 Å². The lowest BCUT2D eigenvalue weighted by molar-refractivity contribution is -0.138. The molecule has 1 N–H and O–H groups in total. The zero-order chi connectivity index (χ0) is 24.4. The molecule has 8 unspecified atom stereocenters. The Hall–Kier alpha value is -0.740. The van der Waals surface area contributed by atoms with Crippen molar-refractivity contribution in [3.05, 3.63) is 0 Å². The Balaban J connectivity index is 0.00000149. The van der Waals surface area contributed by atoms with Crippen molar-refractivity contribution in [3.63, 3.8) is 0 Å². The highest BCUT2D eigenvalue weighted by Gasteiger charge is 2.60. The van der Waals surface area contributed by atoms with Crippen LogP contribution in [0, 0.1) is 46.3 Å². The zero-order valence-corrected chi connectivity index (χ0v) is 21.7. The number of rotatable bonds is 5.